The van der Waals surface area contributed by atoms with Gasteiger partial charge in [0.1, 0.15) is 6.10 Å². The van der Waals surface area contributed by atoms with Crippen molar-refractivity contribution in [3.8, 4) is 0 Å². The second-order valence-electron chi connectivity index (χ2n) is 3.12. The van der Waals surface area contributed by atoms with Crippen LogP contribution in [-0.4, -0.2) is 19.4 Å². The van der Waals surface area contributed by atoms with Crippen LogP contribution in [0.4, 0.5) is 4.79 Å². The van der Waals surface area contributed by atoms with Gasteiger partial charge >= 0.3 is 6.16 Å². The van der Waals surface area contributed by atoms with Gasteiger partial charge in [0.2, 0.25) is 0 Å². The summed E-state index contributed by atoms with van der Waals surface area (Å²) in [5, 5.41) is 0. The van der Waals surface area contributed by atoms with Gasteiger partial charge in [0.05, 0.1) is 7.11 Å². The fourth-order valence-corrected chi connectivity index (χ4v) is 1.07. The molecule has 0 saturated heterocycles. The molecule has 0 amide bonds. The molecule has 0 aromatic rings. The summed E-state index contributed by atoms with van der Waals surface area (Å²) in [6.45, 7) is 4.17. The van der Waals surface area contributed by atoms with Crippen LogP contribution in [0.1, 0.15) is 39.5 Å². The van der Waals surface area contributed by atoms with Gasteiger partial charge in [-0.3, -0.25) is 0 Å². The maximum absolute atomic E-state index is 10.9. The van der Waals surface area contributed by atoms with Crippen LogP contribution in [-0.2, 0) is 9.47 Å². The van der Waals surface area contributed by atoms with Crippen LogP contribution in [0.2, 0.25) is 0 Å². The predicted molar refractivity (Wildman–Crippen MR) is 56.2 cm³/mol. The molecule has 0 radical (unpaired) electrons. The van der Waals surface area contributed by atoms with Crippen LogP contribution >= 0.6 is 0 Å². The molecule has 82 valence electrons. The smallest absolute Gasteiger partial charge is 0.438 e. The van der Waals surface area contributed by atoms with Crippen molar-refractivity contribution in [1.82, 2.24) is 0 Å². The molecule has 0 heterocycles. The fraction of sp³-hybridized carbons (Fsp3) is 0.727. The Balaban J connectivity index is 3.94. The molecular formula is C11H20O3. The van der Waals surface area contributed by atoms with E-state index in [4.69, 9.17) is 4.74 Å². The Morgan fingerprint density at radius 1 is 1.36 bits per heavy atom. The number of carbonyl (C=O) groups is 1. The third-order valence-electron chi connectivity index (χ3n) is 1.79. The van der Waals surface area contributed by atoms with Gasteiger partial charge in [-0.2, -0.15) is 0 Å². The monoisotopic (exact) mass is 200 g/mol. The number of ether oxygens (including phenoxy) is 2. The molecule has 0 aliphatic heterocycles. The molecule has 0 fully saturated rings. The molecule has 0 spiro atoms. The van der Waals surface area contributed by atoms with E-state index in [-0.39, 0.29) is 6.10 Å². The minimum Gasteiger partial charge on any atom is -0.438 e. The molecular weight excluding hydrogens is 180 g/mol. The number of hydrogen-bond acceptors (Lipinski definition) is 3. The molecule has 1 atom stereocenters. The lowest BCUT2D eigenvalue weighted by molar-refractivity contribution is 0.0497. The summed E-state index contributed by atoms with van der Waals surface area (Å²) >= 11 is 0. The van der Waals surface area contributed by atoms with Crippen molar-refractivity contribution in [2.24, 2.45) is 0 Å². The number of hydrogen-bond donors (Lipinski definition) is 0. The summed E-state index contributed by atoms with van der Waals surface area (Å²) in [5.41, 5.74) is 0. The average molecular weight is 200 g/mol. The van der Waals surface area contributed by atoms with Crippen LogP contribution in [0.15, 0.2) is 12.2 Å². The third kappa shape index (κ3) is 6.52. The fourth-order valence-electron chi connectivity index (χ4n) is 1.07. The van der Waals surface area contributed by atoms with Crippen LogP contribution in [0.5, 0.6) is 0 Å². The van der Waals surface area contributed by atoms with Gasteiger partial charge < -0.3 is 9.47 Å². The van der Waals surface area contributed by atoms with Crippen molar-refractivity contribution in [1.29, 1.82) is 0 Å². The number of allylic oxidation sites excluding steroid dienone is 1. The zero-order chi connectivity index (χ0) is 10.8. The molecule has 0 N–H and O–H groups in total. The first kappa shape index (κ1) is 13.0. The van der Waals surface area contributed by atoms with Crippen molar-refractivity contribution < 1.29 is 14.3 Å². The standard InChI is InChI=1S/C11H20O3/c1-4-6-7-9-10(8-5-2)14-11(12)13-3/h7,9-10H,4-6,8H2,1-3H3/b9-7+. The summed E-state index contributed by atoms with van der Waals surface area (Å²) in [6, 6.07) is 0. The average Bonchev–Trinajstić information content (AvgIpc) is 2.18. The zero-order valence-electron chi connectivity index (χ0n) is 9.29. The Kier molecular flexibility index (Phi) is 7.99. The topological polar surface area (TPSA) is 35.5 Å². The number of methoxy groups -OCH3 is 1. The first-order valence-corrected chi connectivity index (χ1v) is 5.15. The second-order valence-corrected chi connectivity index (χ2v) is 3.12. The van der Waals surface area contributed by atoms with E-state index in [1.54, 1.807) is 0 Å². The highest BCUT2D eigenvalue weighted by atomic mass is 16.7. The summed E-state index contributed by atoms with van der Waals surface area (Å²) in [5.74, 6) is 0. The van der Waals surface area contributed by atoms with E-state index in [0.29, 0.717) is 0 Å². The van der Waals surface area contributed by atoms with Crippen molar-refractivity contribution in [2.45, 2.75) is 45.6 Å². The van der Waals surface area contributed by atoms with Crippen LogP contribution < -0.4 is 0 Å². The Morgan fingerprint density at radius 2 is 2.07 bits per heavy atom. The van der Waals surface area contributed by atoms with E-state index < -0.39 is 6.16 Å². The van der Waals surface area contributed by atoms with E-state index in [2.05, 4.69) is 18.6 Å². The summed E-state index contributed by atoms with van der Waals surface area (Å²) < 4.78 is 9.48. The quantitative estimate of drug-likeness (QED) is 0.487. The third-order valence-corrected chi connectivity index (χ3v) is 1.79. The minimum absolute atomic E-state index is 0.140. The molecule has 14 heavy (non-hydrogen) atoms. The lowest BCUT2D eigenvalue weighted by Gasteiger charge is -2.11. The van der Waals surface area contributed by atoms with E-state index >= 15 is 0 Å². The normalized spacial score (nSPS) is 12.8. The van der Waals surface area contributed by atoms with Crippen molar-refractivity contribution in [3.63, 3.8) is 0 Å². The van der Waals surface area contributed by atoms with Gasteiger partial charge in [-0.25, -0.2) is 4.79 Å². The van der Waals surface area contributed by atoms with E-state index in [1.165, 1.54) is 7.11 Å². The van der Waals surface area contributed by atoms with Gasteiger partial charge in [0, 0.05) is 0 Å². The van der Waals surface area contributed by atoms with Gasteiger partial charge in [-0.05, 0) is 18.9 Å². The van der Waals surface area contributed by atoms with Gasteiger partial charge in [-0.15, -0.1) is 0 Å². The lowest BCUT2D eigenvalue weighted by Crippen LogP contribution is -2.15. The Bertz CT molecular complexity index is 175. The van der Waals surface area contributed by atoms with Crippen molar-refractivity contribution in [3.05, 3.63) is 12.2 Å². The summed E-state index contributed by atoms with van der Waals surface area (Å²) in [7, 11) is 1.32. The zero-order valence-corrected chi connectivity index (χ0v) is 9.29. The molecule has 0 saturated carbocycles. The molecule has 0 aliphatic rings. The highest BCUT2D eigenvalue weighted by molar-refractivity contribution is 5.60. The maximum Gasteiger partial charge on any atom is 0.508 e. The van der Waals surface area contributed by atoms with E-state index in [1.807, 2.05) is 12.2 Å². The van der Waals surface area contributed by atoms with Crippen LogP contribution in [0, 0.1) is 0 Å². The minimum atomic E-state index is -0.607. The molecule has 3 heteroatoms. The molecule has 0 rings (SSSR count). The first-order valence-electron chi connectivity index (χ1n) is 5.15. The van der Waals surface area contributed by atoms with Gasteiger partial charge in [0.15, 0.2) is 0 Å². The Labute approximate surface area is 86.1 Å². The SMILES string of the molecule is CCC/C=C/C(CCC)OC(=O)OC. The molecule has 0 aromatic heterocycles. The maximum atomic E-state index is 10.9. The molecule has 0 aliphatic carbocycles. The van der Waals surface area contributed by atoms with Gasteiger partial charge in [-0.1, -0.05) is 32.8 Å². The largest absolute Gasteiger partial charge is 0.508 e. The Hall–Kier alpha value is -0.990. The molecule has 0 aromatic carbocycles. The predicted octanol–water partition coefficient (Wildman–Crippen LogP) is 3.29. The summed E-state index contributed by atoms with van der Waals surface area (Å²) in [4.78, 5) is 10.9. The lowest BCUT2D eigenvalue weighted by atomic mass is 10.2. The Morgan fingerprint density at radius 3 is 2.57 bits per heavy atom. The first-order chi connectivity index (χ1) is 6.74. The molecule has 0 bridgehead atoms. The number of unbranched alkanes of at least 4 members (excludes halogenated alkanes) is 1. The van der Waals surface area contributed by atoms with Crippen molar-refractivity contribution in [2.75, 3.05) is 7.11 Å². The molecule has 1 unspecified atom stereocenters. The second kappa shape index (κ2) is 8.60. The van der Waals surface area contributed by atoms with Crippen LogP contribution in [0.25, 0.3) is 0 Å². The highest BCUT2D eigenvalue weighted by Crippen LogP contribution is 2.06. The van der Waals surface area contributed by atoms with Gasteiger partial charge in [0.25, 0.3) is 0 Å². The van der Waals surface area contributed by atoms with Crippen LogP contribution in [0.3, 0.4) is 0 Å². The van der Waals surface area contributed by atoms with Crippen molar-refractivity contribution >= 4 is 6.16 Å². The van der Waals surface area contributed by atoms with E-state index in [0.717, 1.165) is 25.7 Å². The highest BCUT2D eigenvalue weighted by Gasteiger charge is 2.09. The van der Waals surface area contributed by atoms with E-state index in [9.17, 15) is 4.79 Å². The number of carbonyl (C=O) groups excluding carboxylic acids is 1. The molecule has 3 nitrogen and oxygen atoms in total. The summed E-state index contributed by atoms with van der Waals surface area (Å²) in [6.07, 6.45) is 7.18. The number of rotatable bonds is 6.